The Morgan fingerprint density at radius 1 is 1.48 bits per heavy atom. The number of allylic oxidation sites excluding steroid dienone is 2. The fourth-order valence-corrected chi connectivity index (χ4v) is 2.55. The van der Waals surface area contributed by atoms with E-state index in [1.807, 2.05) is 18.2 Å². The van der Waals surface area contributed by atoms with Gasteiger partial charge in [-0.15, -0.1) is 0 Å². The van der Waals surface area contributed by atoms with Crippen LogP contribution in [0.5, 0.6) is 0 Å². The van der Waals surface area contributed by atoms with Crippen molar-refractivity contribution in [1.82, 2.24) is 0 Å². The molecule has 0 amide bonds. The Balaban J connectivity index is 2.20. The lowest BCUT2D eigenvalue weighted by Gasteiger charge is -2.19. The second-order valence-electron chi connectivity index (χ2n) is 5.56. The summed E-state index contributed by atoms with van der Waals surface area (Å²) >= 11 is 0. The molecule has 1 aromatic carbocycles. The molecule has 0 saturated carbocycles. The highest BCUT2D eigenvalue weighted by Gasteiger charge is 2.13. The summed E-state index contributed by atoms with van der Waals surface area (Å²) in [5.41, 5.74) is 4.14. The van der Waals surface area contributed by atoms with Crippen molar-refractivity contribution in [3.05, 3.63) is 53.6 Å². The summed E-state index contributed by atoms with van der Waals surface area (Å²) in [5, 5.41) is 9.40. The van der Waals surface area contributed by atoms with Gasteiger partial charge in [-0.1, -0.05) is 31.7 Å². The van der Waals surface area contributed by atoms with E-state index in [0.717, 1.165) is 41.5 Å². The summed E-state index contributed by atoms with van der Waals surface area (Å²) in [5.74, 6) is 0.300. The topological polar surface area (TPSA) is 46.5 Å². The minimum Gasteiger partial charge on any atom is -0.458 e. The van der Waals surface area contributed by atoms with Gasteiger partial charge in [0.05, 0.1) is 6.61 Å². The van der Waals surface area contributed by atoms with Crippen LogP contribution in [0.25, 0.3) is 5.57 Å². The molecular formula is C18H22O3. The third kappa shape index (κ3) is 4.05. The van der Waals surface area contributed by atoms with E-state index in [1.54, 1.807) is 0 Å². The zero-order valence-corrected chi connectivity index (χ0v) is 12.5. The van der Waals surface area contributed by atoms with Gasteiger partial charge in [-0.3, -0.25) is 0 Å². The van der Waals surface area contributed by atoms with Crippen LogP contribution in [0.1, 0.15) is 42.9 Å². The second-order valence-corrected chi connectivity index (χ2v) is 5.56. The summed E-state index contributed by atoms with van der Waals surface area (Å²) < 4.78 is 5.09. The zero-order valence-electron chi connectivity index (χ0n) is 12.5. The minimum absolute atomic E-state index is 0.0582. The molecule has 21 heavy (non-hydrogen) atoms. The number of carbonyl (C=O) groups is 1. The third-order valence-electron chi connectivity index (χ3n) is 3.96. The summed E-state index contributed by atoms with van der Waals surface area (Å²) in [6.45, 7) is 5.75. The molecule has 1 aliphatic carbocycles. The molecule has 0 spiro atoms. The first kappa shape index (κ1) is 15.5. The van der Waals surface area contributed by atoms with Gasteiger partial charge < -0.3 is 9.84 Å². The van der Waals surface area contributed by atoms with Crippen LogP contribution >= 0.6 is 0 Å². The van der Waals surface area contributed by atoms with Crippen LogP contribution in [0.4, 0.5) is 0 Å². The van der Waals surface area contributed by atoms with Crippen LogP contribution in [-0.2, 0) is 22.7 Å². The summed E-state index contributed by atoms with van der Waals surface area (Å²) in [6.07, 6.45) is 6.83. The van der Waals surface area contributed by atoms with Crippen molar-refractivity contribution in [2.24, 2.45) is 5.92 Å². The van der Waals surface area contributed by atoms with Crippen molar-refractivity contribution in [2.75, 3.05) is 0 Å². The molecule has 1 aliphatic rings. The number of hydrogen-bond acceptors (Lipinski definition) is 3. The molecule has 0 aliphatic heterocycles. The van der Waals surface area contributed by atoms with Crippen molar-refractivity contribution in [1.29, 1.82) is 0 Å². The van der Waals surface area contributed by atoms with Gasteiger partial charge in [-0.25, -0.2) is 4.79 Å². The highest BCUT2D eigenvalue weighted by Crippen LogP contribution is 2.31. The van der Waals surface area contributed by atoms with Gasteiger partial charge in [0.2, 0.25) is 0 Å². The molecule has 1 atom stereocenters. The highest BCUT2D eigenvalue weighted by molar-refractivity contribution is 5.81. The van der Waals surface area contributed by atoms with E-state index in [0.29, 0.717) is 0 Å². The third-order valence-corrected chi connectivity index (χ3v) is 3.96. The number of aliphatic hydroxyl groups excluding tert-OH is 1. The van der Waals surface area contributed by atoms with Gasteiger partial charge in [-0.05, 0) is 53.5 Å². The molecule has 0 bridgehead atoms. The van der Waals surface area contributed by atoms with Crippen LogP contribution in [0.3, 0.4) is 0 Å². The Morgan fingerprint density at radius 3 is 2.90 bits per heavy atom. The quantitative estimate of drug-likeness (QED) is 0.664. The monoisotopic (exact) mass is 286 g/mol. The van der Waals surface area contributed by atoms with Crippen LogP contribution in [0.2, 0.25) is 0 Å². The smallest absolute Gasteiger partial charge is 0.330 e. The summed E-state index contributed by atoms with van der Waals surface area (Å²) in [6, 6.07) is 5.96. The number of hydrogen-bond donors (Lipinski definition) is 1. The van der Waals surface area contributed by atoms with E-state index in [1.165, 1.54) is 12.0 Å². The molecule has 0 heterocycles. The number of benzene rings is 1. The normalized spacial score (nSPS) is 18.0. The number of rotatable bonds is 5. The van der Waals surface area contributed by atoms with Gasteiger partial charge in [0.15, 0.2) is 0 Å². The van der Waals surface area contributed by atoms with Gasteiger partial charge in [0, 0.05) is 6.08 Å². The maximum absolute atomic E-state index is 11.2. The van der Waals surface area contributed by atoms with Crippen molar-refractivity contribution in [3.63, 3.8) is 0 Å². The van der Waals surface area contributed by atoms with Crippen molar-refractivity contribution < 1.29 is 14.6 Å². The number of aliphatic hydroxyl groups is 1. The molecule has 112 valence electrons. The SMILES string of the molecule is C=CC(=O)OCc1cc(C2=CCC(C)CC2)ccc1CO. The number of carbonyl (C=O) groups excluding carboxylic acids is 1. The van der Waals surface area contributed by atoms with Gasteiger partial charge in [0.25, 0.3) is 0 Å². The first-order valence-corrected chi connectivity index (χ1v) is 7.35. The number of esters is 1. The second kappa shape index (κ2) is 7.23. The van der Waals surface area contributed by atoms with E-state index < -0.39 is 5.97 Å². The first-order chi connectivity index (χ1) is 10.1. The van der Waals surface area contributed by atoms with Crippen molar-refractivity contribution in [3.8, 4) is 0 Å². The molecule has 0 radical (unpaired) electrons. The molecular weight excluding hydrogens is 264 g/mol. The summed E-state index contributed by atoms with van der Waals surface area (Å²) in [4.78, 5) is 11.2. The number of ether oxygens (including phenoxy) is 1. The van der Waals surface area contributed by atoms with Crippen LogP contribution in [0, 0.1) is 5.92 Å². The molecule has 1 aromatic rings. The average Bonchev–Trinajstić information content (AvgIpc) is 2.53. The average molecular weight is 286 g/mol. The molecule has 2 rings (SSSR count). The molecule has 0 saturated heterocycles. The molecule has 0 fully saturated rings. The van der Waals surface area contributed by atoms with Gasteiger partial charge in [-0.2, -0.15) is 0 Å². The highest BCUT2D eigenvalue weighted by atomic mass is 16.5. The lowest BCUT2D eigenvalue weighted by atomic mass is 9.87. The fraction of sp³-hybridized carbons (Fsp3) is 0.389. The lowest BCUT2D eigenvalue weighted by Crippen LogP contribution is -2.05. The minimum atomic E-state index is -0.449. The Kier molecular flexibility index (Phi) is 5.34. The molecule has 0 aromatic heterocycles. The van der Waals surface area contributed by atoms with Gasteiger partial charge >= 0.3 is 5.97 Å². The Morgan fingerprint density at radius 2 is 2.29 bits per heavy atom. The van der Waals surface area contributed by atoms with E-state index in [9.17, 15) is 9.90 Å². The van der Waals surface area contributed by atoms with E-state index in [4.69, 9.17) is 4.74 Å². The Bertz CT molecular complexity index is 558. The molecule has 3 heteroatoms. The Hall–Kier alpha value is -1.87. The molecule has 1 unspecified atom stereocenters. The van der Waals surface area contributed by atoms with Crippen molar-refractivity contribution in [2.45, 2.75) is 39.4 Å². The maximum atomic E-state index is 11.2. The zero-order chi connectivity index (χ0) is 15.2. The Labute approximate surface area is 125 Å². The fourth-order valence-electron chi connectivity index (χ4n) is 2.55. The van der Waals surface area contributed by atoms with Crippen molar-refractivity contribution >= 4 is 11.5 Å². The van der Waals surface area contributed by atoms with E-state index in [-0.39, 0.29) is 13.2 Å². The molecule has 3 nitrogen and oxygen atoms in total. The van der Waals surface area contributed by atoms with Crippen LogP contribution < -0.4 is 0 Å². The van der Waals surface area contributed by atoms with E-state index in [2.05, 4.69) is 19.6 Å². The maximum Gasteiger partial charge on any atom is 0.330 e. The van der Waals surface area contributed by atoms with Gasteiger partial charge in [0.1, 0.15) is 6.61 Å². The van der Waals surface area contributed by atoms with Crippen LogP contribution in [0.15, 0.2) is 36.9 Å². The summed E-state index contributed by atoms with van der Waals surface area (Å²) in [7, 11) is 0. The predicted octanol–water partition coefficient (Wildman–Crippen LogP) is 3.61. The van der Waals surface area contributed by atoms with E-state index >= 15 is 0 Å². The first-order valence-electron chi connectivity index (χ1n) is 7.35. The largest absolute Gasteiger partial charge is 0.458 e. The predicted molar refractivity (Wildman–Crippen MR) is 83.3 cm³/mol. The van der Waals surface area contributed by atoms with Crippen LogP contribution in [-0.4, -0.2) is 11.1 Å². The lowest BCUT2D eigenvalue weighted by molar-refractivity contribution is -0.139. The molecule has 1 N–H and O–H groups in total. The standard InChI is InChI=1S/C18H22O3/c1-3-18(20)21-12-17-10-15(8-9-16(17)11-19)14-6-4-13(2)5-7-14/h3,6,8-10,13,19H,1,4-5,7,11-12H2,2H3.